The molecule has 4 N–H and O–H groups in total. The lowest BCUT2D eigenvalue weighted by atomic mass is 9.82. The van der Waals surface area contributed by atoms with E-state index in [-0.39, 0.29) is 65.4 Å². The number of fused-ring (bicyclic) bond motifs is 6. The first kappa shape index (κ1) is 29.0. The molecule has 40 heavy (non-hydrogen) atoms. The van der Waals surface area contributed by atoms with E-state index < -0.39 is 36.0 Å². The lowest BCUT2D eigenvalue weighted by Gasteiger charge is -2.46. The molecule has 0 bridgehead atoms. The van der Waals surface area contributed by atoms with Gasteiger partial charge >= 0.3 is 23.9 Å². The number of carboxylic acid groups (broad SMARTS) is 4. The van der Waals surface area contributed by atoms with E-state index in [0.29, 0.717) is 22.5 Å². The maximum Gasteiger partial charge on any atom is 0.317 e. The van der Waals surface area contributed by atoms with E-state index in [2.05, 4.69) is 9.97 Å². The average molecular weight is 557 g/mol. The van der Waals surface area contributed by atoms with E-state index in [1.54, 1.807) is 44.1 Å². The SMILES string of the molecule is O=C(O)CN1CCN(CC(=O)O)CCN(CC(=O)O)[C@@H]2c3cccnc3-c3ncccc3[C@H]2N(CC(=O)O)CC1. The Morgan fingerprint density at radius 1 is 0.600 bits per heavy atom. The third-order valence-corrected chi connectivity index (χ3v) is 7.16. The lowest BCUT2D eigenvalue weighted by Crippen LogP contribution is -2.52. The number of aromatic nitrogens is 2. The second-order valence-electron chi connectivity index (χ2n) is 9.84. The van der Waals surface area contributed by atoms with Gasteiger partial charge in [0.1, 0.15) is 0 Å². The maximum atomic E-state index is 12.1. The molecule has 0 aromatic carbocycles. The van der Waals surface area contributed by atoms with Gasteiger partial charge in [-0.05, 0) is 23.3 Å². The third-order valence-electron chi connectivity index (χ3n) is 7.16. The topological polar surface area (TPSA) is 188 Å². The molecule has 1 saturated heterocycles. The van der Waals surface area contributed by atoms with Crippen molar-refractivity contribution in [2.45, 2.75) is 12.1 Å². The van der Waals surface area contributed by atoms with Gasteiger partial charge in [0.05, 0.1) is 49.7 Å². The molecule has 214 valence electrons. The minimum absolute atomic E-state index is 0.157. The van der Waals surface area contributed by atoms with Crippen molar-refractivity contribution in [1.82, 2.24) is 29.6 Å². The molecular formula is C26H32N6O8. The van der Waals surface area contributed by atoms with Crippen LogP contribution in [0.4, 0.5) is 0 Å². The molecule has 1 aliphatic carbocycles. The number of hydrogen-bond acceptors (Lipinski definition) is 10. The van der Waals surface area contributed by atoms with Crippen LogP contribution in [0, 0.1) is 0 Å². The highest BCUT2D eigenvalue weighted by Gasteiger charge is 2.43. The standard InChI is InChI=1S/C26H32N6O8/c33-19(34)13-29-7-8-30(14-20(35)36)10-12-32(16-22(39)40)26-18-4-2-6-28-24(18)23-17(3-1-5-27-23)25(26)31(11-9-29)15-21(37)38/h1-6,25-26H,7-16H2,(H,33,34)(H,35,36)(H,37,38)(H,39,40)/t25-,26-/m1/s1. The zero-order valence-electron chi connectivity index (χ0n) is 21.8. The van der Waals surface area contributed by atoms with Crippen LogP contribution in [0.2, 0.25) is 0 Å². The highest BCUT2D eigenvalue weighted by atomic mass is 16.4. The highest BCUT2D eigenvalue weighted by Crippen LogP contribution is 2.48. The summed E-state index contributed by atoms with van der Waals surface area (Å²) in [6.45, 7) is -0.184. The summed E-state index contributed by atoms with van der Waals surface area (Å²) < 4.78 is 0. The van der Waals surface area contributed by atoms with E-state index in [1.807, 2.05) is 12.1 Å². The Hall–Kier alpha value is -3.98. The highest BCUT2D eigenvalue weighted by molar-refractivity contribution is 5.72. The van der Waals surface area contributed by atoms with Gasteiger partial charge in [-0.3, -0.25) is 48.7 Å². The smallest absolute Gasteiger partial charge is 0.317 e. The summed E-state index contributed by atoms with van der Waals surface area (Å²) in [7, 11) is 0. The van der Waals surface area contributed by atoms with Crippen LogP contribution in [0.1, 0.15) is 23.2 Å². The number of carbonyl (C=O) groups is 4. The molecular weight excluding hydrogens is 524 g/mol. The molecule has 2 aromatic rings. The molecule has 3 heterocycles. The Labute approximate surface area is 230 Å². The monoisotopic (exact) mass is 556 g/mol. The molecule has 2 aromatic heterocycles. The van der Waals surface area contributed by atoms with Crippen LogP contribution in [0.15, 0.2) is 36.7 Å². The molecule has 0 saturated carbocycles. The number of carboxylic acids is 4. The van der Waals surface area contributed by atoms with Crippen molar-refractivity contribution >= 4 is 23.9 Å². The van der Waals surface area contributed by atoms with Crippen molar-refractivity contribution < 1.29 is 39.6 Å². The van der Waals surface area contributed by atoms with Crippen LogP contribution in [-0.2, 0) is 19.2 Å². The van der Waals surface area contributed by atoms with E-state index in [1.165, 1.54) is 0 Å². The summed E-state index contributed by atoms with van der Waals surface area (Å²) in [4.78, 5) is 63.2. The fourth-order valence-corrected chi connectivity index (χ4v) is 5.57. The summed E-state index contributed by atoms with van der Waals surface area (Å²) in [5.41, 5.74) is 2.48. The quantitative estimate of drug-likeness (QED) is 0.334. The lowest BCUT2D eigenvalue weighted by molar-refractivity contribution is -0.143. The number of nitrogens with zero attached hydrogens (tertiary/aromatic N) is 6. The minimum Gasteiger partial charge on any atom is -0.480 e. The van der Waals surface area contributed by atoms with Gasteiger partial charge in [-0.15, -0.1) is 0 Å². The minimum atomic E-state index is -1.09. The normalized spacial score (nSPS) is 21.2. The third kappa shape index (κ3) is 6.96. The fourth-order valence-electron chi connectivity index (χ4n) is 5.57. The molecule has 0 amide bonds. The van der Waals surface area contributed by atoms with Crippen LogP contribution in [0.25, 0.3) is 11.4 Å². The van der Waals surface area contributed by atoms with Gasteiger partial charge in [-0.25, -0.2) is 0 Å². The van der Waals surface area contributed by atoms with Gasteiger partial charge in [0.25, 0.3) is 0 Å². The first-order valence-electron chi connectivity index (χ1n) is 12.8. The van der Waals surface area contributed by atoms with Gasteiger partial charge in [0, 0.05) is 51.7 Å². The van der Waals surface area contributed by atoms with Gasteiger partial charge in [-0.2, -0.15) is 0 Å². The summed E-state index contributed by atoms with van der Waals surface area (Å²) in [6, 6.07) is 5.79. The van der Waals surface area contributed by atoms with E-state index in [4.69, 9.17) is 0 Å². The van der Waals surface area contributed by atoms with E-state index in [0.717, 1.165) is 0 Å². The zero-order chi connectivity index (χ0) is 28.8. The van der Waals surface area contributed by atoms with Gasteiger partial charge < -0.3 is 20.4 Å². The molecule has 0 unspecified atom stereocenters. The molecule has 4 rings (SSSR count). The van der Waals surface area contributed by atoms with Crippen LogP contribution >= 0.6 is 0 Å². The molecule has 14 nitrogen and oxygen atoms in total. The first-order valence-corrected chi connectivity index (χ1v) is 12.8. The van der Waals surface area contributed by atoms with Crippen molar-refractivity contribution in [3.63, 3.8) is 0 Å². The van der Waals surface area contributed by atoms with Crippen LogP contribution in [0.3, 0.4) is 0 Å². The fraction of sp³-hybridized carbons (Fsp3) is 0.462. The van der Waals surface area contributed by atoms with Crippen LogP contribution < -0.4 is 0 Å². The Kier molecular flexibility index (Phi) is 9.37. The predicted molar refractivity (Wildman–Crippen MR) is 140 cm³/mol. The number of rotatable bonds is 8. The number of pyridine rings is 2. The van der Waals surface area contributed by atoms with Gasteiger partial charge in [-0.1, -0.05) is 12.1 Å². The van der Waals surface area contributed by atoms with Gasteiger partial charge in [0.15, 0.2) is 0 Å². The molecule has 1 fully saturated rings. The second-order valence-corrected chi connectivity index (χ2v) is 9.84. The summed E-state index contributed by atoms with van der Waals surface area (Å²) in [5, 5.41) is 38.7. The molecule has 0 radical (unpaired) electrons. The first-order chi connectivity index (χ1) is 19.1. The van der Waals surface area contributed by atoms with Crippen molar-refractivity contribution in [2.24, 2.45) is 0 Å². The Morgan fingerprint density at radius 3 is 1.30 bits per heavy atom. The molecule has 14 heteroatoms. The van der Waals surface area contributed by atoms with Gasteiger partial charge in [0.2, 0.25) is 0 Å². The predicted octanol–water partition coefficient (Wildman–Crippen LogP) is -0.201. The molecule has 0 spiro atoms. The molecule has 1 aliphatic heterocycles. The summed E-state index contributed by atoms with van der Waals surface area (Å²) in [5.74, 6) is -4.29. The van der Waals surface area contributed by atoms with Crippen LogP contribution in [-0.4, -0.2) is 139 Å². The molecule has 2 aliphatic rings. The Morgan fingerprint density at radius 2 is 0.950 bits per heavy atom. The largest absolute Gasteiger partial charge is 0.480 e. The number of aliphatic carboxylic acids is 4. The Bertz CT molecular complexity index is 1160. The van der Waals surface area contributed by atoms with Crippen LogP contribution in [0.5, 0.6) is 0 Å². The Balaban J connectivity index is 1.87. The molecule has 2 atom stereocenters. The number of hydrogen-bond donors (Lipinski definition) is 4. The van der Waals surface area contributed by atoms with Crippen molar-refractivity contribution in [3.05, 3.63) is 47.8 Å². The second kappa shape index (κ2) is 12.9. The van der Waals surface area contributed by atoms with E-state index >= 15 is 0 Å². The summed E-state index contributed by atoms with van der Waals surface area (Å²) in [6.07, 6.45) is 3.23. The van der Waals surface area contributed by atoms with E-state index in [9.17, 15) is 39.6 Å². The van der Waals surface area contributed by atoms with Crippen molar-refractivity contribution in [3.8, 4) is 11.4 Å². The van der Waals surface area contributed by atoms with Crippen molar-refractivity contribution in [2.75, 3.05) is 65.4 Å². The van der Waals surface area contributed by atoms with Crippen molar-refractivity contribution in [1.29, 1.82) is 0 Å². The zero-order valence-corrected chi connectivity index (χ0v) is 21.8. The average Bonchev–Trinajstić information content (AvgIpc) is 2.89. The maximum absolute atomic E-state index is 12.1. The summed E-state index contributed by atoms with van der Waals surface area (Å²) >= 11 is 0.